The highest BCUT2D eigenvalue weighted by Crippen LogP contribution is 2.65. The van der Waals surface area contributed by atoms with Crippen molar-refractivity contribution in [2.24, 2.45) is 11.8 Å². The van der Waals surface area contributed by atoms with E-state index >= 15 is 0 Å². The summed E-state index contributed by atoms with van der Waals surface area (Å²) in [6, 6.07) is 26.4. The van der Waals surface area contributed by atoms with Crippen LogP contribution in [0.4, 0.5) is 5.69 Å². The van der Waals surface area contributed by atoms with Crippen molar-refractivity contribution in [2.45, 2.75) is 30.6 Å². The van der Waals surface area contributed by atoms with E-state index in [-0.39, 0.29) is 11.8 Å². The Bertz CT molecular complexity index is 1430. The van der Waals surface area contributed by atoms with Gasteiger partial charge in [0.2, 0.25) is 11.8 Å². The molecular weight excluding hydrogens is 498 g/mol. The Balaban J connectivity index is 1.07. The van der Waals surface area contributed by atoms with Crippen molar-refractivity contribution in [3.63, 3.8) is 0 Å². The maximum atomic E-state index is 14.1. The molecule has 8 rings (SSSR count). The van der Waals surface area contributed by atoms with Crippen LogP contribution in [0.1, 0.15) is 42.0 Å². The maximum absolute atomic E-state index is 14.1. The van der Waals surface area contributed by atoms with Gasteiger partial charge in [-0.3, -0.25) is 19.4 Å². The fraction of sp³-hybridized carbons (Fsp3) is 0.382. The van der Waals surface area contributed by atoms with Gasteiger partial charge in [0.25, 0.3) is 0 Å². The van der Waals surface area contributed by atoms with Gasteiger partial charge in [-0.2, -0.15) is 0 Å². The molecule has 6 nitrogen and oxygen atoms in total. The molecule has 2 saturated heterocycles. The van der Waals surface area contributed by atoms with Crippen molar-refractivity contribution in [3.8, 4) is 0 Å². The van der Waals surface area contributed by atoms with E-state index in [4.69, 9.17) is 0 Å². The van der Waals surface area contributed by atoms with Crippen LogP contribution in [-0.4, -0.2) is 67.2 Å². The van der Waals surface area contributed by atoms with Crippen LogP contribution in [0.25, 0.3) is 0 Å². The molecule has 0 aromatic heterocycles. The zero-order valence-electron chi connectivity index (χ0n) is 23.0. The number of piperazine rings is 1. The number of aldehydes is 1. The number of hydrogen-bond donors (Lipinski definition) is 0. The number of unbranched alkanes of at least 4 members (excludes halogenated alkanes) is 1. The number of imide groups is 1. The first-order chi connectivity index (χ1) is 19.5. The summed E-state index contributed by atoms with van der Waals surface area (Å²) in [6.45, 7) is 7.49. The zero-order valence-corrected chi connectivity index (χ0v) is 23.0. The van der Waals surface area contributed by atoms with E-state index in [1.54, 1.807) is 0 Å². The van der Waals surface area contributed by atoms with E-state index in [0.717, 1.165) is 74.1 Å². The number of amides is 2. The smallest absolute Gasteiger partial charge is 0.234 e. The molecule has 0 saturated carbocycles. The van der Waals surface area contributed by atoms with E-state index in [9.17, 15) is 14.4 Å². The van der Waals surface area contributed by atoms with E-state index in [2.05, 4.69) is 41.0 Å². The van der Waals surface area contributed by atoms with Gasteiger partial charge in [0.15, 0.2) is 0 Å². The van der Waals surface area contributed by atoms with E-state index in [1.165, 1.54) is 10.6 Å². The minimum absolute atomic E-state index is 0.121. The van der Waals surface area contributed by atoms with Crippen LogP contribution in [-0.2, 0) is 25.2 Å². The lowest BCUT2D eigenvalue weighted by molar-refractivity contribution is -0.140. The van der Waals surface area contributed by atoms with Crippen LogP contribution in [0.15, 0.2) is 78.9 Å². The summed E-state index contributed by atoms with van der Waals surface area (Å²) in [5, 5.41) is 0. The van der Waals surface area contributed by atoms with Gasteiger partial charge in [-0.15, -0.1) is 0 Å². The molecule has 2 amide bonds. The van der Waals surface area contributed by atoms with Crippen LogP contribution in [0.2, 0.25) is 0 Å². The van der Waals surface area contributed by atoms with Crippen LogP contribution < -0.4 is 4.90 Å². The van der Waals surface area contributed by atoms with E-state index < -0.39 is 22.7 Å². The maximum Gasteiger partial charge on any atom is 0.234 e. The molecule has 3 aliphatic carbocycles. The predicted molar refractivity (Wildman–Crippen MR) is 154 cm³/mol. The summed E-state index contributed by atoms with van der Waals surface area (Å²) in [5.74, 6) is -1.57. The van der Waals surface area contributed by atoms with Gasteiger partial charge < -0.3 is 9.69 Å². The van der Waals surface area contributed by atoms with Crippen molar-refractivity contribution < 1.29 is 14.4 Å². The van der Waals surface area contributed by atoms with Crippen LogP contribution >= 0.6 is 0 Å². The molecule has 2 fully saturated rings. The first-order valence-electron chi connectivity index (χ1n) is 14.6. The standard InChI is InChI=1S/C34H35N3O3/c1-33-25-13-5-7-15-27(25)34(23-38,28-16-8-6-14-26(28)33)30-29(33)31(39)37(32(30)40)18-10-9-17-35-19-21-36(22-20-35)24-11-3-2-4-12-24/h2-8,11-16,23,29-30H,9-10,17-22H2,1H3. The third-order valence-electron chi connectivity index (χ3n) is 10.2. The Kier molecular flexibility index (Phi) is 5.93. The molecule has 0 spiro atoms. The molecule has 2 atom stereocenters. The zero-order chi connectivity index (χ0) is 27.5. The Hall–Kier alpha value is -3.77. The monoisotopic (exact) mass is 533 g/mol. The lowest BCUT2D eigenvalue weighted by Crippen LogP contribution is -2.61. The molecule has 2 bridgehead atoms. The van der Waals surface area contributed by atoms with Gasteiger partial charge >= 0.3 is 0 Å². The van der Waals surface area contributed by atoms with Crippen molar-refractivity contribution in [3.05, 3.63) is 101 Å². The third-order valence-corrected chi connectivity index (χ3v) is 10.2. The van der Waals surface area contributed by atoms with Crippen LogP contribution in [0, 0.1) is 11.8 Å². The Morgan fingerprint density at radius 2 is 1.23 bits per heavy atom. The molecule has 2 heterocycles. The number of carbonyl (C=O) groups is 3. The molecule has 40 heavy (non-hydrogen) atoms. The summed E-state index contributed by atoms with van der Waals surface area (Å²) >= 11 is 0. The van der Waals surface area contributed by atoms with Gasteiger partial charge in [-0.1, -0.05) is 73.7 Å². The van der Waals surface area contributed by atoms with Gasteiger partial charge in [0.05, 0.1) is 17.3 Å². The number of benzene rings is 3. The molecular formula is C34H35N3O3. The number of hydrogen-bond acceptors (Lipinski definition) is 5. The topological polar surface area (TPSA) is 60.9 Å². The lowest BCUT2D eigenvalue weighted by atomic mass is 9.42. The van der Waals surface area contributed by atoms with Gasteiger partial charge in [0, 0.05) is 43.8 Å². The minimum Gasteiger partial charge on any atom is -0.369 e. The van der Waals surface area contributed by atoms with Crippen LogP contribution in [0.3, 0.4) is 0 Å². The first-order valence-corrected chi connectivity index (χ1v) is 14.6. The summed E-state index contributed by atoms with van der Waals surface area (Å²) in [6.07, 6.45) is 2.64. The predicted octanol–water partition coefficient (Wildman–Crippen LogP) is 4.01. The quantitative estimate of drug-likeness (QED) is 0.261. The number of likely N-dealkylation sites (tertiary alicyclic amines) is 1. The first kappa shape index (κ1) is 25.2. The summed E-state index contributed by atoms with van der Waals surface area (Å²) < 4.78 is 0. The van der Waals surface area contributed by atoms with Crippen molar-refractivity contribution in [2.75, 3.05) is 44.2 Å². The lowest BCUT2D eigenvalue weighted by Gasteiger charge is -2.56. The number of para-hydroxylation sites is 1. The second-order valence-electron chi connectivity index (χ2n) is 11.9. The molecule has 204 valence electrons. The SMILES string of the molecule is CC12c3ccccc3C(C=O)(c3ccccc31)C1C(=O)N(CCCCN3CCN(c4ccccc4)CC3)C(=O)C12. The highest BCUT2D eigenvalue weighted by atomic mass is 16.2. The number of nitrogens with zero attached hydrogens (tertiary/aromatic N) is 3. The highest BCUT2D eigenvalue weighted by molar-refractivity contribution is 6.11. The molecule has 0 N–H and O–H groups in total. The average Bonchev–Trinajstić information content (AvgIpc) is 3.27. The normalized spacial score (nSPS) is 28.8. The van der Waals surface area contributed by atoms with Gasteiger partial charge in [-0.05, 0) is 53.8 Å². The van der Waals surface area contributed by atoms with E-state index in [1.807, 2.05) is 54.6 Å². The van der Waals surface area contributed by atoms with E-state index in [0.29, 0.717) is 6.54 Å². The fourth-order valence-corrected chi connectivity index (χ4v) is 8.22. The molecule has 5 aliphatic rings. The summed E-state index contributed by atoms with van der Waals surface area (Å²) in [4.78, 5) is 47.6. The number of anilines is 1. The molecule has 6 heteroatoms. The Labute approximate surface area is 235 Å². The summed E-state index contributed by atoms with van der Waals surface area (Å²) in [5.41, 5.74) is 3.25. The molecule has 2 unspecified atom stereocenters. The Morgan fingerprint density at radius 3 is 1.82 bits per heavy atom. The fourth-order valence-electron chi connectivity index (χ4n) is 8.22. The largest absolute Gasteiger partial charge is 0.369 e. The second kappa shape index (κ2) is 9.41. The number of rotatable bonds is 7. The van der Waals surface area contributed by atoms with Gasteiger partial charge in [-0.25, -0.2) is 0 Å². The van der Waals surface area contributed by atoms with Crippen LogP contribution in [0.5, 0.6) is 0 Å². The van der Waals surface area contributed by atoms with Gasteiger partial charge in [0.1, 0.15) is 6.29 Å². The minimum atomic E-state index is -1.13. The highest BCUT2D eigenvalue weighted by Gasteiger charge is 2.72. The second-order valence-corrected chi connectivity index (χ2v) is 11.9. The van der Waals surface area contributed by atoms with Crippen molar-refractivity contribution >= 4 is 23.8 Å². The summed E-state index contributed by atoms with van der Waals surface area (Å²) in [7, 11) is 0. The third kappa shape index (κ3) is 3.35. The average molecular weight is 534 g/mol. The molecule has 3 aromatic carbocycles. The molecule has 3 aromatic rings. The Morgan fingerprint density at radius 1 is 0.700 bits per heavy atom. The number of carbonyl (C=O) groups excluding carboxylic acids is 3. The van der Waals surface area contributed by atoms with Crippen molar-refractivity contribution in [1.82, 2.24) is 9.80 Å². The van der Waals surface area contributed by atoms with Crippen molar-refractivity contribution in [1.29, 1.82) is 0 Å². The molecule has 2 aliphatic heterocycles. The molecule has 0 radical (unpaired) electrons.